The van der Waals surface area contributed by atoms with Gasteiger partial charge in [-0.2, -0.15) is 5.10 Å². The molecular weight excluding hydrogens is 458 g/mol. The average molecular weight is 484 g/mol. The predicted octanol–water partition coefficient (Wildman–Crippen LogP) is 4.52. The van der Waals surface area contributed by atoms with Gasteiger partial charge in [0.05, 0.1) is 17.9 Å². The van der Waals surface area contributed by atoms with Crippen LogP contribution in [0.15, 0.2) is 83.4 Å². The first-order chi connectivity index (χ1) is 17.4. The Hall–Kier alpha value is -4.72. The fourth-order valence-electron chi connectivity index (χ4n) is 3.41. The average Bonchev–Trinajstić information content (AvgIpc) is 3.53. The van der Waals surface area contributed by atoms with E-state index in [1.165, 1.54) is 19.1 Å². The highest BCUT2D eigenvalue weighted by Crippen LogP contribution is 2.25. The van der Waals surface area contributed by atoms with Crippen molar-refractivity contribution in [2.24, 2.45) is 0 Å². The van der Waals surface area contributed by atoms with Crippen LogP contribution in [0.25, 0.3) is 23.0 Å². The number of hydrogen-bond acceptors (Lipinski definition) is 6. The van der Waals surface area contributed by atoms with Gasteiger partial charge in [0.1, 0.15) is 5.76 Å². The Morgan fingerprint density at radius 3 is 2.50 bits per heavy atom. The van der Waals surface area contributed by atoms with Crippen molar-refractivity contribution < 1.29 is 23.5 Å². The third-order valence-electron chi connectivity index (χ3n) is 5.28. The Morgan fingerprint density at radius 2 is 1.78 bits per heavy atom. The van der Waals surface area contributed by atoms with Crippen molar-refractivity contribution in [3.05, 3.63) is 102 Å². The van der Waals surface area contributed by atoms with Crippen molar-refractivity contribution in [1.29, 1.82) is 0 Å². The Kier molecular flexibility index (Phi) is 7.55. The van der Waals surface area contributed by atoms with Crippen molar-refractivity contribution in [3.63, 3.8) is 0 Å². The van der Waals surface area contributed by atoms with E-state index in [1.54, 1.807) is 16.8 Å². The quantitative estimate of drug-likeness (QED) is 0.213. The molecule has 8 nitrogen and oxygen atoms in total. The predicted molar refractivity (Wildman–Crippen MR) is 134 cm³/mol. The van der Waals surface area contributed by atoms with Gasteiger partial charge in [0.25, 0.3) is 0 Å². The molecule has 4 rings (SSSR count). The first-order valence-corrected chi connectivity index (χ1v) is 11.3. The molecule has 0 fully saturated rings. The van der Waals surface area contributed by atoms with Crippen molar-refractivity contribution >= 4 is 23.7 Å². The highest BCUT2D eigenvalue weighted by molar-refractivity contribution is 5.97. The van der Waals surface area contributed by atoms with Crippen LogP contribution in [-0.4, -0.2) is 34.0 Å². The minimum atomic E-state index is -0.671. The number of para-hydroxylation sites is 1. The highest BCUT2D eigenvalue weighted by atomic mass is 16.5. The van der Waals surface area contributed by atoms with E-state index in [0.29, 0.717) is 11.5 Å². The second-order valence-electron chi connectivity index (χ2n) is 8.12. The van der Waals surface area contributed by atoms with E-state index in [0.717, 1.165) is 22.4 Å². The summed E-state index contributed by atoms with van der Waals surface area (Å²) in [5.41, 5.74) is 4.35. The molecule has 0 radical (unpaired) electrons. The number of benzene rings is 2. The fraction of sp³-hybridized carbons (Fsp3) is 0.143. The fourth-order valence-corrected chi connectivity index (χ4v) is 3.41. The maximum atomic E-state index is 12.3. The summed E-state index contributed by atoms with van der Waals surface area (Å²) in [6.45, 7) is 3.10. The van der Waals surface area contributed by atoms with Gasteiger partial charge < -0.3 is 14.5 Å². The number of nitrogens with zero attached hydrogens (tertiary/aromatic N) is 2. The zero-order valence-corrected chi connectivity index (χ0v) is 19.9. The number of amides is 1. The van der Waals surface area contributed by atoms with E-state index in [4.69, 9.17) is 14.3 Å². The molecule has 8 heteroatoms. The zero-order valence-electron chi connectivity index (χ0n) is 19.9. The molecule has 0 unspecified atom stereocenters. The number of aryl methyl sites for hydroxylation is 1. The van der Waals surface area contributed by atoms with Crippen LogP contribution in [0.2, 0.25) is 0 Å². The number of ether oxygens (including phenoxy) is 1. The first-order valence-electron chi connectivity index (χ1n) is 11.3. The van der Waals surface area contributed by atoms with Gasteiger partial charge in [0.15, 0.2) is 12.4 Å². The molecule has 182 valence electrons. The SMILES string of the molecule is CC(=O)NCc1ccc(C(=O)COC(=O)/C=C/c2cn(-c3ccccc3)nc2-c2ccc(C)cc2)o1. The summed E-state index contributed by atoms with van der Waals surface area (Å²) < 4.78 is 12.2. The zero-order chi connectivity index (χ0) is 25.5. The summed E-state index contributed by atoms with van der Waals surface area (Å²) in [6.07, 6.45) is 4.72. The number of ketones is 1. The lowest BCUT2D eigenvalue weighted by Crippen LogP contribution is -2.18. The van der Waals surface area contributed by atoms with Crippen molar-refractivity contribution in [3.8, 4) is 16.9 Å². The van der Waals surface area contributed by atoms with Crippen LogP contribution in [0.5, 0.6) is 0 Å². The van der Waals surface area contributed by atoms with Gasteiger partial charge in [-0.15, -0.1) is 0 Å². The molecule has 0 bridgehead atoms. The van der Waals surface area contributed by atoms with Crippen LogP contribution < -0.4 is 5.32 Å². The van der Waals surface area contributed by atoms with Gasteiger partial charge in [-0.05, 0) is 37.3 Å². The van der Waals surface area contributed by atoms with E-state index in [1.807, 2.05) is 67.7 Å². The molecule has 0 aliphatic carbocycles. The number of esters is 1. The van der Waals surface area contributed by atoms with Gasteiger partial charge in [0, 0.05) is 30.3 Å². The Balaban J connectivity index is 1.45. The third-order valence-corrected chi connectivity index (χ3v) is 5.28. The molecular formula is C28H25N3O5. The van der Waals surface area contributed by atoms with Gasteiger partial charge in [-0.1, -0.05) is 48.0 Å². The van der Waals surface area contributed by atoms with Crippen LogP contribution in [0.4, 0.5) is 0 Å². The van der Waals surface area contributed by atoms with Gasteiger partial charge in [-0.25, -0.2) is 9.48 Å². The topological polar surface area (TPSA) is 103 Å². The van der Waals surface area contributed by atoms with Crippen LogP contribution in [0.3, 0.4) is 0 Å². The van der Waals surface area contributed by atoms with Crippen molar-refractivity contribution in [2.75, 3.05) is 6.61 Å². The monoisotopic (exact) mass is 483 g/mol. The molecule has 0 atom stereocenters. The number of furan rings is 1. The standard InChI is InChI=1S/C28H25N3O5/c1-19-8-10-21(11-9-19)28-22(17-31(30-28)23-6-4-3-5-7-23)12-15-27(34)35-18-25(33)26-14-13-24(36-26)16-29-20(2)32/h3-15,17H,16,18H2,1-2H3,(H,29,32)/b15-12+. The molecule has 2 aromatic carbocycles. The number of carbonyl (C=O) groups is 3. The van der Waals surface area contributed by atoms with E-state index in [9.17, 15) is 14.4 Å². The number of carbonyl (C=O) groups excluding carboxylic acids is 3. The minimum absolute atomic E-state index is 0.0536. The number of Topliss-reactive ketones (excluding diaryl/α,β-unsaturated/α-hetero) is 1. The number of nitrogens with one attached hydrogen (secondary N) is 1. The van der Waals surface area contributed by atoms with Crippen LogP contribution in [-0.2, 0) is 20.9 Å². The molecule has 36 heavy (non-hydrogen) atoms. The lowest BCUT2D eigenvalue weighted by atomic mass is 10.1. The number of hydrogen-bond donors (Lipinski definition) is 1. The Bertz CT molecular complexity index is 1400. The smallest absolute Gasteiger partial charge is 0.331 e. The second-order valence-corrected chi connectivity index (χ2v) is 8.12. The summed E-state index contributed by atoms with van der Waals surface area (Å²) in [7, 11) is 0. The van der Waals surface area contributed by atoms with E-state index in [2.05, 4.69) is 5.32 Å². The van der Waals surface area contributed by atoms with Crippen LogP contribution in [0, 0.1) is 6.92 Å². The first kappa shape index (κ1) is 24.4. The maximum Gasteiger partial charge on any atom is 0.331 e. The molecule has 2 aromatic heterocycles. The molecule has 0 saturated heterocycles. The molecule has 0 aliphatic rings. The van der Waals surface area contributed by atoms with E-state index >= 15 is 0 Å². The van der Waals surface area contributed by atoms with Crippen molar-refractivity contribution in [2.45, 2.75) is 20.4 Å². The Labute approximate surface area is 208 Å². The van der Waals surface area contributed by atoms with Crippen molar-refractivity contribution in [1.82, 2.24) is 15.1 Å². The number of rotatable bonds is 9. The van der Waals surface area contributed by atoms with E-state index in [-0.39, 0.29) is 18.2 Å². The van der Waals surface area contributed by atoms with Gasteiger partial charge >= 0.3 is 5.97 Å². The van der Waals surface area contributed by atoms with E-state index < -0.39 is 18.4 Å². The second kappa shape index (κ2) is 11.1. The molecule has 0 aliphatic heterocycles. The lowest BCUT2D eigenvalue weighted by Gasteiger charge is -2.01. The molecule has 0 spiro atoms. The minimum Gasteiger partial charge on any atom is -0.456 e. The normalized spacial score (nSPS) is 10.9. The molecule has 1 amide bonds. The molecule has 1 N–H and O–H groups in total. The molecule has 4 aromatic rings. The highest BCUT2D eigenvalue weighted by Gasteiger charge is 2.14. The lowest BCUT2D eigenvalue weighted by molar-refractivity contribution is -0.136. The number of aromatic nitrogens is 2. The molecule has 2 heterocycles. The largest absolute Gasteiger partial charge is 0.456 e. The van der Waals surface area contributed by atoms with Gasteiger partial charge in [-0.3, -0.25) is 9.59 Å². The molecule has 0 saturated carbocycles. The van der Waals surface area contributed by atoms with Crippen LogP contribution in [0.1, 0.15) is 34.4 Å². The van der Waals surface area contributed by atoms with Crippen LogP contribution >= 0.6 is 0 Å². The van der Waals surface area contributed by atoms with Gasteiger partial charge in [0.2, 0.25) is 11.7 Å². The summed E-state index contributed by atoms with van der Waals surface area (Å²) in [5, 5.41) is 7.30. The summed E-state index contributed by atoms with van der Waals surface area (Å²) in [6, 6.07) is 20.7. The maximum absolute atomic E-state index is 12.3. The Morgan fingerprint density at radius 1 is 1.03 bits per heavy atom. The summed E-state index contributed by atoms with van der Waals surface area (Å²) in [4.78, 5) is 35.6. The third kappa shape index (κ3) is 6.24. The summed E-state index contributed by atoms with van der Waals surface area (Å²) >= 11 is 0. The summed E-state index contributed by atoms with van der Waals surface area (Å²) in [5.74, 6) is -0.879.